The molecule has 0 bridgehead atoms. The van der Waals surface area contributed by atoms with Crippen molar-refractivity contribution in [1.82, 2.24) is 10.2 Å². The highest BCUT2D eigenvalue weighted by atomic mass is 35.5. The van der Waals surface area contributed by atoms with E-state index >= 15 is 0 Å². The van der Waals surface area contributed by atoms with Crippen LogP contribution in [0, 0.1) is 0 Å². The van der Waals surface area contributed by atoms with Gasteiger partial charge >= 0.3 is 0 Å². The first-order chi connectivity index (χ1) is 6.68. The highest BCUT2D eigenvalue weighted by molar-refractivity contribution is 7.14. The minimum Gasteiger partial charge on any atom is -0.336 e. The van der Waals surface area contributed by atoms with E-state index < -0.39 is 0 Å². The van der Waals surface area contributed by atoms with Crippen molar-refractivity contribution in [3.8, 4) is 0 Å². The molecule has 76 valence electrons. The van der Waals surface area contributed by atoms with Crippen molar-refractivity contribution >= 4 is 28.8 Å². The van der Waals surface area contributed by atoms with Gasteiger partial charge in [0.25, 0.3) is 5.91 Å². The van der Waals surface area contributed by atoms with Crippen LogP contribution in [0.25, 0.3) is 0 Å². The van der Waals surface area contributed by atoms with E-state index in [1.54, 1.807) is 16.3 Å². The average Bonchev–Trinajstić information content (AvgIpc) is 2.47. The predicted octanol–water partition coefficient (Wildman–Crippen LogP) is 1.45. The number of likely N-dealkylation sites (N-methyl/N-ethyl adjacent to an activating group) is 1. The molecule has 0 spiro atoms. The molecule has 1 fully saturated rings. The fourth-order valence-electron chi connectivity index (χ4n) is 1.34. The van der Waals surface area contributed by atoms with Crippen LogP contribution in [-0.2, 0) is 0 Å². The number of hydrogen-bond acceptors (Lipinski definition) is 3. The third-order valence-electron chi connectivity index (χ3n) is 2.44. The molecule has 5 heteroatoms. The van der Waals surface area contributed by atoms with E-state index in [1.807, 2.05) is 7.05 Å². The molecule has 1 aromatic rings. The molecule has 0 saturated carbocycles. The fraction of sp³-hybridized carbons (Fsp3) is 0.444. The Kier molecular flexibility index (Phi) is 2.76. The van der Waals surface area contributed by atoms with Crippen molar-refractivity contribution in [2.24, 2.45) is 0 Å². The summed E-state index contributed by atoms with van der Waals surface area (Å²) in [5.74, 6) is 0.0552. The number of nitrogens with one attached hydrogen (secondary N) is 1. The van der Waals surface area contributed by atoms with Gasteiger partial charge in [0.1, 0.15) is 0 Å². The zero-order chi connectivity index (χ0) is 10.1. The zero-order valence-electron chi connectivity index (χ0n) is 7.79. The molecule has 1 N–H and O–H groups in total. The molecule has 0 radical (unpaired) electrons. The van der Waals surface area contributed by atoms with Crippen molar-refractivity contribution < 1.29 is 4.79 Å². The number of carbonyl (C=O) groups is 1. The van der Waals surface area contributed by atoms with Gasteiger partial charge in [-0.15, -0.1) is 11.3 Å². The van der Waals surface area contributed by atoms with Crippen LogP contribution >= 0.6 is 22.9 Å². The predicted molar refractivity (Wildman–Crippen MR) is 58.1 cm³/mol. The molecule has 2 heterocycles. The summed E-state index contributed by atoms with van der Waals surface area (Å²) in [7, 11) is 1.83. The molecule has 0 atom stereocenters. The second kappa shape index (κ2) is 3.88. The lowest BCUT2D eigenvalue weighted by atomic mass is 10.1. The topological polar surface area (TPSA) is 32.3 Å². The van der Waals surface area contributed by atoms with Crippen LogP contribution in [0.2, 0.25) is 4.34 Å². The number of hydrogen-bond donors (Lipinski definition) is 1. The van der Waals surface area contributed by atoms with Gasteiger partial charge in [-0.05, 0) is 6.07 Å². The molecule has 1 aromatic heterocycles. The van der Waals surface area contributed by atoms with Gasteiger partial charge in [-0.3, -0.25) is 4.79 Å². The summed E-state index contributed by atoms with van der Waals surface area (Å²) < 4.78 is 0.661. The van der Waals surface area contributed by atoms with Crippen LogP contribution in [-0.4, -0.2) is 37.0 Å². The van der Waals surface area contributed by atoms with Gasteiger partial charge in [-0.25, -0.2) is 0 Å². The third-order valence-corrected chi connectivity index (χ3v) is 3.53. The number of halogens is 1. The summed E-state index contributed by atoms with van der Waals surface area (Å²) in [5.41, 5.74) is 0.689. The number of thiophene rings is 1. The number of amides is 1. The molecule has 1 aliphatic heterocycles. The molecule has 0 aromatic carbocycles. The maximum Gasteiger partial charge on any atom is 0.254 e. The Balaban J connectivity index is 2.07. The summed E-state index contributed by atoms with van der Waals surface area (Å²) in [6, 6.07) is 2.05. The second-order valence-electron chi connectivity index (χ2n) is 3.37. The largest absolute Gasteiger partial charge is 0.336 e. The standard InChI is InChI=1S/C9H11ClN2OS/c1-12(7-3-11-4-7)9(13)6-2-8(10)14-5-6/h2,5,7,11H,3-4H2,1H3. The smallest absolute Gasteiger partial charge is 0.254 e. The van der Waals surface area contributed by atoms with E-state index in [2.05, 4.69) is 5.32 Å². The third kappa shape index (κ3) is 1.78. The van der Waals surface area contributed by atoms with Crippen LogP contribution in [0.1, 0.15) is 10.4 Å². The minimum absolute atomic E-state index is 0.0552. The molecule has 2 rings (SSSR count). The van der Waals surface area contributed by atoms with E-state index in [9.17, 15) is 4.79 Å². The Morgan fingerprint density at radius 1 is 1.71 bits per heavy atom. The number of rotatable bonds is 2. The average molecular weight is 231 g/mol. The second-order valence-corrected chi connectivity index (χ2v) is 4.91. The first kappa shape index (κ1) is 9.96. The molecule has 1 saturated heterocycles. The van der Waals surface area contributed by atoms with Gasteiger partial charge in [0, 0.05) is 25.5 Å². The van der Waals surface area contributed by atoms with Gasteiger partial charge in [-0.1, -0.05) is 11.6 Å². The van der Waals surface area contributed by atoms with Crippen LogP contribution < -0.4 is 5.32 Å². The first-order valence-electron chi connectivity index (χ1n) is 4.40. The Hall–Kier alpha value is -0.580. The molecule has 0 aliphatic carbocycles. The van der Waals surface area contributed by atoms with Crippen molar-refractivity contribution in [1.29, 1.82) is 0 Å². The Morgan fingerprint density at radius 3 is 2.86 bits per heavy atom. The molecule has 14 heavy (non-hydrogen) atoms. The zero-order valence-corrected chi connectivity index (χ0v) is 9.36. The monoisotopic (exact) mass is 230 g/mol. The highest BCUT2D eigenvalue weighted by Crippen LogP contribution is 2.21. The van der Waals surface area contributed by atoms with Crippen molar-refractivity contribution in [3.05, 3.63) is 21.3 Å². The molecular weight excluding hydrogens is 220 g/mol. The fourth-order valence-corrected chi connectivity index (χ4v) is 2.19. The normalized spacial score (nSPS) is 16.4. The summed E-state index contributed by atoms with van der Waals surface area (Å²) in [4.78, 5) is 13.6. The van der Waals surface area contributed by atoms with Crippen molar-refractivity contribution in [2.45, 2.75) is 6.04 Å². The van der Waals surface area contributed by atoms with Crippen LogP contribution in [0.4, 0.5) is 0 Å². The van der Waals surface area contributed by atoms with Crippen molar-refractivity contribution in [2.75, 3.05) is 20.1 Å². The first-order valence-corrected chi connectivity index (χ1v) is 5.66. The number of nitrogens with zero attached hydrogens (tertiary/aromatic N) is 1. The van der Waals surface area contributed by atoms with Gasteiger partial charge in [0.15, 0.2) is 0 Å². The SMILES string of the molecule is CN(C(=O)c1csc(Cl)c1)C1CNC1. The Morgan fingerprint density at radius 2 is 2.43 bits per heavy atom. The summed E-state index contributed by atoms with van der Waals surface area (Å²) in [5, 5.41) is 4.94. The Labute approximate surface area is 91.7 Å². The van der Waals surface area contributed by atoms with E-state index in [0.29, 0.717) is 15.9 Å². The van der Waals surface area contributed by atoms with Crippen LogP contribution in [0.3, 0.4) is 0 Å². The minimum atomic E-state index is 0.0552. The van der Waals surface area contributed by atoms with Gasteiger partial charge < -0.3 is 10.2 Å². The molecule has 3 nitrogen and oxygen atoms in total. The highest BCUT2D eigenvalue weighted by Gasteiger charge is 2.26. The quantitative estimate of drug-likeness (QED) is 0.834. The van der Waals surface area contributed by atoms with Crippen molar-refractivity contribution in [3.63, 3.8) is 0 Å². The maximum absolute atomic E-state index is 11.8. The summed E-state index contributed by atoms with van der Waals surface area (Å²) >= 11 is 7.16. The van der Waals surface area contributed by atoms with E-state index in [1.165, 1.54) is 11.3 Å². The Bertz CT molecular complexity index is 348. The van der Waals surface area contributed by atoms with Gasteiger partial charge in [-0.2, -0.15) is 0 Å². The van der Waals surface area contributed by atoms with E-state index in [0.717, 1.165) is 13.1 Å². The number of carbonyl (C=O) groups excluding carboxylic acids is 1. The van der Waals surface area contributed by atoms with E-state index in [-0.39, 0.29) is 5.91 Å². The molecule has 1 aliphatic rings. The summed E-state index contributed by atoms with van der Waals surface area (Å²) in [6.45, 7) is 1.78. The van der Waals surface area contributed by atoms with Crippen LogP contribution in [0.5, 0.6) is 0 Å². The lowest BCUT2D eigenvalue weighted by molar-refractivity contribution is 0.0682. The summed E-state index contributed by atoms with van der Waals surface area (Å²) in [6.07, 6.45) is 0. The maximum atomic E-state index is 11.8. The van der Waals surface area contributed by atoms with E-state index in [4.69, 9.17) is 11.6 Å². The van der Waals surface area contributed by atoms with Gasteiger partial charge in [0.2, 0.25) is 0 Å². The lowest BCUT2D eigenvalue weighted by Gasteiger charge is -2.35. The van der Waals surface area contributed by atoms with Gasteiger partial charge in [0.05, 0.1) is 15.9 Å². The lowest BCUT2D eigenvalue weighted by Crippen LogP contribution is -2.57. The van der Waals surface area contributed by atoms with Crippen LogP contribution in [0.15, 0.2) is 11.4 Å². The molecular formula is C9H11ClN2OS. The molecule has 1 amide bonds. The molecule has 0 unspecified atom stereocenters.